The van der Waals surface area contributed by atoms with Crippen LogP contribution in [0.2, 0.25) is 5.02 Å². The van der Waals surface area contributed by atoms with E-state index in [1.165, 1.54) is 17.4 Å². The van der Waals surface area contributed by atoms with Gasteiger partial charge in [0.05, 0.1) is 10.7 Å². The van der Waals surface area contributed by atoms with Crippen molar-refractivity contribution in [3.8, 4) is 0 Å². The van der Waals surface area contributed by atoms with Crippen LogP contribution in [0.3, 0.4) is 0 Å². The fourth-order valence-corrected chi connectivity index (χ4v) is 2.73. The topological polar surface area (TPSA) is 24.9 Å². The Morgan fingerprint density at radius 1 is 1.50 bits per heavy atom. The highest BCUT2D eigenvalue weighted by molar-refractivity contribution is 7.09. The molecule has 96 valence electrons. The van der Waals surface area contributed by atoms with Crippen molar-refractivity contribution in [1.82, 2.24) is 10.3 Å². The lowest BCUT2D eigenvalue weighted by Gasteiger charge is -2.05. The van der Waals surface area contributed by atoms with Gasteiger partial charge in [-0.3, -0.25) is 0 Å². The van der Waals surface area contributed by atoms with Crippen molar-refractivity contribution in [1.29, 1.82) is 0 Å². The standard InChI is InChI=1S/C13H14ClFN2S/c1-8(16-2)12-7-18-13(17-12)6-9-10(14)4-3-5-11(9)15/h3-5,7-8,16H,6H2,1-2H3. The van der Waals surface area contributed by atoms with Gasteiger partial charge in [-0.1, -0.05) is 17.7 Å². The summed E-state index contributed by atoms with van der Waals surface area (Å²) in [6, 6.07) is 4.93. The van der Waals surface area contributed by atoms with Gasteiger partial charge in [-0.05, 0) is 26.1 Å². The molecule has 0 spiro atoms. The van der Waals surface area contributed by atoms with E-state index in [9.17, 15) is 4.39 Å². The van der Waals surface area contributed by atoms with Crippen molar-refractivity contribution in [2.75, 3.05) is 7.05 Å². The van der Waals surface area contributed by atoms with Crippen LogP contribution < -0.4 is 5.32 Å². The van der Waals surface area contributed by atoms with Crippen molar-refractivity contribution in [3.05, 3.63) is 50.7 Å². The van der Waals surface area contributed by atoms with Gasteiger partial charge in [0.1, 0.15) is 5.82 Å². The van der Waals surface area contributed by atoms with Crippen LogP contribution in [0.5, 0.6) is 0 Å². The molecule has 1 atom stereocenters. The molecule has 0 aliphatic heterocycles. The zero-order valence-corrected chi connectivity index (χ0v) is 11.8. The summed E-state index contributed by atoms with van der Waals surface area (Å²) >= 11 is 7.53. The molecule has 1 aromatic carbocycles. The summed E-state index contributed by atoms with van der Waals surface area (Å²) in [5.74, 6) is -0.277. The second kappa shape index (κ2) is 5.78. The van der Waals surface area contributed by atoms with Crippen molar-refractivity contribution in [2.24, 2.45) is 0 Å². The largest absolute Gasteiger partial charge is 0.312 e. The molecule has 0 fully saturated rings. The van der Waals surface area contributed by atoms with Gasteiger partial charge in [-0.25, -0.2) is 9.37 Å². The summed E-state index contributed by atoms with van der Waals surface area (Å²) in [6.07, 6.45) is 0.437. The third-order valence-corrected chi connectivity index (χ3v) is 4.06. The molecule has 1 aromatic heterocycles. The van der Waals surface area contributed by atoms with E-state index in [4.69, 9.17) is 11.6 Å². The fourth-order valence-electron chi connectivity index (χ4n) is 1.61. The lowest BCUT2D eigenvalue weighted by atomic mass is 10.1. The molecule has 2 nitrogen and oxygen atoms in total. The molecular formula is C13H14ClFN2S. The first kappa shape index (κ1) is 13.5. The number of hydrogen-bond donors (Lipinski definition) is 1. The van der Waals surface area contributed by atoms with Gasteiger partial charge in [-0.15, -0.1) is 11.3 Å². The normalized spacial score (nSPS) is 12.7. The summed E-state index contributed by atoms with van der Waals surface area (Å²) in [5.41, 5.74) is 1.49. The number of halogens is 2. The van der Waals surface area contributed by atoms with Crippen LogP contribution >= 0.6 is 22.9 Å². The third kappa shape index (κ3) is 2.88. The minimum absolute atomic E-state index is 0.200. The third-order valence-electron chi connectivity index (χ3n) is 2.84. The highest BCUT2D eigenvalue weighted by atomic mass is 35.5. The van der Waals surface area contributed by atoms with E-state index in [0.717, 1.165) is 10.7 Å². The monoisotopic (exact) mass is 284 g/mol. The number of hydrogen-bond acceptors (Lipinski definition) is 3. The molecule has 5 heteroatoms. The van der Waals surface area contributed by atoms with Gasteiger partial charge in [0.15, 0.2) is 0 Å². The quantitative estimate of drug-likeness (QED) is 0.923. The fraction of sp³-hybridized carbons (Fsp3) is 0.308. The molecule has 2 rings (SSSR count). The molecule has 0 radical (unpaired) electrons. The Labute approximate surface area is 115 Å². The van der Waals surface area contributed by atoms with Crippen LogP contribution in [0, 0.1) is 5.82 Å². The van der Waals surface area contributed by atoms with Gasteiger partial charge in [0, 0.05) is 28.4 Å². The predicted octanol–water partition coefficient (Wildman–Crippen LogP) is 3.81. The van der Waals surface area contributed by atoms with Crippen LogP contribution in [-0.4, -0.2) is 12.0 Å². The highest BCUT2D eigenvalue weighted by Crippen LogP contribution is 2.25. The summed E-state index contributed by atoms with van der Waals surface area (Å²) in [7, 11) is 1.89. The molecule has 0 bridgehead atoms. The van der Waals surface area contributed by atoms with E-state index in [0.29, 0.717) is 17.0 Å². The minimum Gasteiger partial charge on any atom is -0.312 e. The summed E-state index contributed by atoms with van der Waals surface area (Å²) in [6.45, 7) is 2.04. The first-order valence-corrected chi connectivity index (χ1v) is 6.92. The Morgan fingerprint density at radius 2 is 2.28 bits per heavy atom. The molecule has 2 aromatic rings. The number of rotatable bonds is 4. The maximum absolute atomic E-state index is 13.6. The number of aromatic nitrogens is 1. The van der Waals surface area contributed by atoms with Crippen LogP contribution in [-0.2, 0) is 6.42 Å². The average molecular weight is 285 g/mol. The predicted molar refractivity (Wildman–Crippen MR) is 73.8 cm³/mol. The van der Waals surface area contributed by atoms with Crippen molar-refractivity contribution >= 4 is 22.9 Å². The van der Waals surface area contributed by atoms with E-state index < -0.39 is 0 Å². The molecule has 0 saturated carbocycles. The first-order valence-electron chi connectivity index (χ1n) is 5.66. The maximum atomic E-state index is 13.6. The Kier molecular flexibility index (Phi) is 4.32. The smallest absolute Gasteiger partial charge is 0.128 e. The van der Waals surface area contributed by atoms with Crippen LogP contribution in [0.4, 0.5) is 4.39 Å². The van der Waals surface area contributed by atoms with Crippen LogP contribution in [0.15, 0.2) is 23.6 Å². The Bertz CT molecular complexity index is 521. The molecule has 1 unspecified atom stereocenters. The Hall–Kier alpha value is -0.970. The van der Waals surface area contributed by atoms with Gasteiger partial charge in [0.2, 0.25) is 0 Å². The Morgan fingerprint density at radius 3 is 2.94 bits per heavy atom. The number of nitrogens with zero attached hydrogens (tertiary/aromatic N) is 1. The number of nitrogens with one attached hydrogen (secondary N) is 1. The molecular weight excluding hydrogens is 271 g/mol. The molecule has 0 saturated heterocycles. The first-order chi connectivity index (χ1) is 8.61. The van der Waals surface area contributed by atoms with E-state index >= 15 is 0 Å². The highest BCUT2D eigenvalue weighted by Gasteiger charge is 2.12. The lowest BCUT2D eigenvalue weighted by Crippen LogP contribution is -2.12. The SMILES string of the molecule is CNC(C)c1csc(Cc2c(F)cccc2Cl)n1. The van der Waals surface area contributed by atoms with E-state index in [-0.39, 0.29) is 11.9 Å². The summed E-state index contributed by atoms with van der Waals surface area (Å²) < 4.78 is 13.6. The maximum Gasteiger partial charge on any atom is 0.128 e. The number of benzene rings is 1. The minimum atomic E-state index is -0.277. The summed E-state index contributed by atoms with van der Waals surface area (Å²) in [5, 5.41) is 6.44. The van der Waals surface area contributed by atoms with E-state index in [1.807, 2.05) is 19.4 Å². The summed E-state index contributed by atoms with van der Waals surface area (Å²) in [4.78, 5) is 4.49. The second-order valence-corrected chi connectivity index (χ2v) is 5.40. The van der Waals surface area contributed by atoms with Crippen LogP contribution in [0.25, 0.3) is 0 Å². The van der Waals surface area contributed by atoms with E-state index in [2.05, 4.69) is 10.3 Å². The second-order valence-electron chi connectivity index (χ2n) is 4.05. The molecule has 18 heavy (non-hydrogen) atoms. The van der Waals surface area contributed by atoms with Gasteiger partial charge >= 0.3 is 0 Å². The van der Waals surface area contributed by atoms with Gasteiger partial charge in [-0.2, -0.15) is 0 Å². The van der Waals surface area contributed by atoms with Crippen LogP contribution in [0.1, 0.15) is 29.2 Å². The molecule has 0 aliphatic rings. The zero-order chi connectivity index (χ0) is 13.1. The lowest BCUT2D eigenvalue weighted by molar-refractivity contribution is 0.612. The van der Waals surface area contributed by atoms with E-state index in [1.54, 1.807) is 12.1 Å². The number of thiazole rings is 1. The van der Waals surface area contributed by atoms with Crippen molar-refractivity contribution < 1.29 is 4.39 Å². The van der Waals surface area contributed by atoms with Gasteiger partial charge < -0.3 is 5.32 Å². The Balaban J connectivity index is 2.21. The molecule has 1 heterocycles. The molecule has 0 aliphatic carbocycles. The van der Waals surface area contributed by atoms with Crippen molar-refractivity contribution in [3.63, 3.8) is 0 Å². The molecule has 0 amide bonds. The zero-order valence-electron chi connectivity index (χ0n) is 10.2. The average Bonchev–Trinajstić information content (AvgIpc) is 2.81. The van der Waals surface area contributed by atoms with Crippen molar-refractivity contribution in [2.45, 2.75) is 19.4 Å². The molecule has 1 N–H and O–H groups in total. The van der Waals surface area contributed by atoms with Gasteiger partial charge in [0.25, 0.3) is 0 Å².